The molecule has 2 heterocycles. The average Bonchev–Trinajstić information content (AvgIpc) is 3.28. The van der Waals surface area contributed by atoms with Crippen molar-refractivity contribution in [3.63, 3.8) is 0 Å². The normalized spacial score (nSPS) is 23.5. The van der Waals surface area contributed by atoms with Gasteiger partial charge in [0.25, 0.3) is 5.91 Å². The first-order valence-electron chi connectivity index (χ1n) is 9.72. The second-order valence-corrected chi connectivity index (χ2v) is 9.65. The Bertz CT molecular complexity index is 1070. The predicted octanol–water partition coefficient (Wildman–Crippen LogP) is 0.384. The number of hydrogen-bond donors (Lipinski definition) is 2. The van der Waals surface area contributed by atoms with Crippen LogP contribution in [0.15, 0.2) is 33.8 Å². The van der Waals surface area contributed by atoms with Gasteiger partial charge in [0.15, 0.2) is 5.69 Å². The molecule has 0 spiro atoms. The van der Waals surface area contributed by atoms with E-state index in [1.807, 2.05) is 6.92 Å². The lowest BCUT2D eigenvalue weighted by Gasteiger charge is -2.44. The highest BCUT2D eigenvalue weighted by Gasteiger charge is 2.53. The molecule has 1 aromatic heterocycles. The fraction of sp³-hybridized carbons (Fsp3) is 0.474. The van der Waals surface area contributed by atoms with Gasteiger partial charge in [-0.1, -0.05) is 22.9 Å². The molecule has 1 aliphatic carbocycles. The second kappa shape index (κ2) is 7.80. The molecule has 3 atom stereocenters. The lowest BCUT2D eigenvalue weighted by Crippen LogP contribution is -2.61. The van der Waals surface area contributed by atoms with E-state index in [-0.39, 0.29) is 41.0 Å². The predicted molar refractivity (Wildman–Crippen MR) is 105 cm³/mol. The maximum Gasteiger partial charge on any atom is 0.275 e. The molecule has 2 aliphatic rings. The largest absolute Gasteiger partial charge is 0.350 e. The van der Waals surface area contributed by atoms with E-state index in [2.05, 4.69) is 25.6 Å². The van der Waals surface area contributed by atoms with E-state index in [9.17, 15) is 18.0 Å². The Morgan fingerprint density at radius 2 is 1.93 bits per heavy atom. The van der Waals surface area contributed by atoms with Crippen LogP contribution in [-0.2, 0) is 14.8 Å². The molecular weight excluding hydrogens is 410 g/mol. The zero-order valence-corrected chi connectivity index (χ0v) is 17.5. The fourth-order valence-corrected chi connectivity index (χ4v) is 5.85. The smallest absolute Gasteiger partial charge is 0.275 e. The number of hydrogen-bond acceptors (Lipinski definition) is 7. The number of nitrogens with one attached hydrogen (secondary N) is 2. The fourth-order valence-electron chi connectivity index (χ4n) is 4.11. The lowest BCUT2D eigenvalue weighted by atomic mass is 9.76. The zero-order chi connectivity index (χ0) is 21.5. The topological polar surface area (TPSA) is 134 Å². The van der Waals surface area contributed by atoms with Gasteiger partial charge in [-0.2, -0.15) is 4.31 Å². The number of amides is 2. The summed E-state index contributed by atoms with van der Waals surface area (Å²) in [5.41, 5.74) is 1.34. The summed E-state index contributed by atoms with van der Waals surface area (Å²) < 4.78 is 32.1. The van der Waals surface area contributed by atoms with E-state index in [1.54, 1.807) is 31.2 Å². The number of carbonyl (C=O) groups excluding carboxylic acids is 2. The molecule has 0 radical (unpaired) electrons. The molecule has 2 N–H and O–H groups in total. The van der Waals surface area contributed by atoms with Crippen molar-refractivity contribution in [3.8, 4) is 0 Å². The molecule has 0 bridgehead atoms. The maximum atomic E-state index is 13.1. The third-order valence-electron chi connectivity index (χ3n) is 5.76. The Morgan fingerprint density at radius 3 is 2.60 bits per heavy atom. The van der Waals surface area contributed by atoms with Crippen molar-refractivity contribution in [2.24, 2.45) is 5.92 Å². The van der Waals surface area contributed by atoms with Gasteiger partial charge in [-0.05, 0) is 49.9 Å². The van der Waals surface area contributed by atoms with E-state index in [4.69, 9.17) is 0 Å². The molecular formula is C19H23N5O5S. The van der Waals surface area contributed by atoms with Crippen LogP contribution in [-0.4, -0.2) is 60.0 Å². The number of nitrogens with zero attached hydrogens (tertiary/aromatic N) is 3. The van der Waals surface area contributed by atoms with Gasteiger partial charge in [0.1, 0.15) is 5.69 Å². The van der Waals surface area contributed by atoms with Gasteiger partial charge in [-0.15, -0.1) is 0 Å². The summed E-state index contributed by atoms with van der Waals surface area (Å²) >= 11 is 0. The molecule has 4 rings (SSSR count). The molecule has 160 valence electrons. The van der Waals surface area contributed by atoms with Crippen molar-refractivity contribution in [1.82, 2.24) is 25.3 Å². The van der Waals surface area contributed by atoms with Crippen LogP contribution in [0, 0.1) is 19.8 Å². The van der Waals surface area contributed by atoms with Gasteiger partial charge in [0.2, 0.25) is 15.9 Å². The van der Waals surface area contributed by atoms with Crippen molar-refractivity contribution >= 4 is 21.8 Å². The monoisotopic (exact) mass is 433 g/mol. The maximum absolute atomic E-state index is 13.1. The van der Waals surface area contributed by atoms with Crippen molar-refractivity contribution < 1.29 is 22.6 Å². The van der Waals surface area contributed by atoms with Gasteiger partial charge in [0, 0.05) is 18.6 Å². The van der Waals surface area contributed by atoms with Crippen molar-refractivity contribution in [2.45, 2.75) is 43.7 Å². The van der Waals surface area contributed by atoms with Gasteiger partial charge >= 0.3 is 0 Å². The van der Waals surface area contributed by atoms with Crippen molar-refractivity contribution in [1.29, 1.82) is 0 Å². The third kappa shape index (κ3) is 3.70. The van der Waals surface area contributed by atoms with Gasteiger partial charge < -0.3 is 10.6 Å². The lowest BCUT2D eigenvalue weighted by molar-refractivity contribution is -0.122. The average molecular weight is 433 g/mol. The Kier molecular flexibility index (Phi) is 5.33. The second-order valence-electron chi connectivity index (χ2n) is 7.76. The van der Waals surface area contributed by atoms with E-state index in [1.165, 1.54) is 4.31 Å². The minimum Gasteiger partial charge on any atom is -0.350 e. The minimum absolute atomic E-state index is 0.0256. The number of benzene rings is 1. The molecule has 2 aromatic rings. The highest BCUT2D eigenvalue weighted by molar-refractivity contribution is 7.89. The number of sulfonamides is 1. The molecule has 2 fully saturated rings. The van der Waals surface area contributed by atoms with Crippen LogP contribution in [0.1, 0.15) is 34.6 Å². The molecule has 1 saturated heterocycles. The number of carbonyl (C=O) groups is 2. The zero-order valence-electron chi connectivity index (χ0n) is 16.7. The van der Waals surface area contributed by atoms with Crippen LogP contribution in [0.5, 0.6) is 0 Å². The van der Waals surface area contributed by atoms with E-state index in [0.29, 0.717) is 12.2 Å². The summed E-state index contributed by atoms with van der Waals surface area (Å²) in [4.78, 5) is 24.6. The van der Waals surface area contributed by atoms with Gasteiger partial charge in [-0.3, -0.25) is 9.59 Å². The van der Waals surface area contributed by atoms with Crippen molar-refractivity contribution in [3.05, 3.63) is 41.2 Å². The molecule has 1 saturated carbocycles. The van der Waals surface area contributed by atoms with E-state index in [0.717, 1.165) is 18.4 Å². The Morgan fingerprint density at radius 1 is 1.20 bits per heavy atom. The minimum atomic E-state index is -3.63. The Labute approximate surface area is 174 Å². The Balaban J connectivity index is 1.37. The molecule has 30 heavy (non-hydrogen) atoms. The van der Waals surface area contributed by atoms with Crippen LogP contribution < -0.4 is 10.6 Å². The summed E-state index contributed by atoms with van der Waals surface area (Å²) in [6.07, 6.45) is 1.49. The van der Waals surface area contributed by atoms with E-state index >= 15 is 0 Å². The van der Waals surface area contributed by atoms with Crippen LogP contribution in [0.4, 0.5) is 0 Å². The standard InChI is InChI=1S/C19H23N5O5S/c1-11-3-5-14(6-4-11)30(27,28)24-8-7-13-9-15(18(13)24)21-16(25)10-20-19(26)17-12(2)22-29-23-17/h3-6,13,15,18H,7-10H2,1-2H3,(H,20,26)(H,21,25)/t13-,15+,18-/m1/s1. The molecule has 1 aromatic carbocycles. The Hall–Kier alpha value is -2.79. The third-order valence-corrected chi connectivity index (χ3v) is 7.67. The molecule has 11 heteroatoms. The summed E-state index contributed by atoms with van der Waals surface area (Å²) in [6, 6.07) is 6.22. The van der Waals surface area contributed by atoms with Crippen molar-refractivity contribution in [2.75, 3.05) is 13.1 Å². The van der Waals surface area contributed by atoms with Crippen LogP contribution in [0.3, 0.4) is 0 Å². The summed E-state index contributed by atoms with van der Waals surface area (Å²) in [5.74, 6) is -0.714. The van der Waals surface area contributed by atoms with Gasteiger partial charge in [-0.25, -0.2) is 13.0 Å². The van der Waals surface area contributed by atoms with E-state index < -0.39 is 15.9 Å². The highest BCUT2D eigenvalue weighted by atomic mass is 32.2. The number of aromatic nitrogens is 2. The summed E-state index contributed by atoms with van der Waals surface area (Å²) in [6.45, 7) is 3.67. The summed E-state index contributed by atoms with van der Waals surface area (Å²) in [5, 5.41) is 12.3. The van der Waals surface area contributed by atoms with Crippen LogP contribution in [0.2, 0.25) is 0 Å². The van der Waals surface area contributed by atoms with Crippen LogP contribution in [0.25, 0.3) is 0 Å². The molecule has 2 amide bonds. The quantitative estimate of drug-likeness (QED) is 0.673. The molecule has 10 nitrogen and oxygen atoms in total. The van der Waals surface area contributed by atoms with Gasteiger partial charge in [0.05, 0.1) is 11.4 Å². The first-order chi connectivity index (χ1) is 14.3. The molecule has 0 unspecified atom stereocenters. The SMILES string of the molecule is Cc1ccc(S(=O)(=O)N2CC[C@@H]3C[C@H](NC(=O)CNC(=O)c4nonc4C)[C@@H]32)cc1. The number of rotatable bonds is 6. The molecule has 1 aliphatic heterocycles. The summed E-state index contributed by atoms with van der Waals surface area (Å²) in [7, 11) is -3.63. The van der Waals surface area contributed by atoms with Crippen LogP contribution >= 0.6 is 0 Å². The number of aryl methyl sites for hydroxylation is 2. The highest BCUT2D eigenvalue weighted by Crippen LogP contribution is 2.43. The first kappa shape index (κ1) is 20.5. The first-order valence-corrected chi connectivity index (χ1v) is 11.2. The number of fused-ring (bicyclic) bond motifs is 1.